The highest BCUT2D eigenvalue weighted by atomic mass is 127. The van der Waals surface area contributed by atoms with Gasteiger partial charge in [-0.15, -0.1) is 24.0 Å². The van der Waals surface area contributed by atoms with E-state index in [0.717, 1.165) is 31.2 Å². The Balaban J connectivity index is 0.00000225. The van der Waals surface area contributed by atoms with Crippen LogP contribution in [0.2, 0.25) is 0 Å². The third-order valence-electron chi connectivity index (χ3n) is 4.05. The van der Waals surface area contributed by atoms with Gasteiger partial charge in [0.1, 0.15) is 5.82 Å². The molecular formula is C19H20FIN4. The van der Waals surface area contributed by atoms with Gasteiger partial charge >= 0.3 is 0 Å². The lowest BCUT2D eigenvalue weighted by molar-refractivity contribution is 0.610. The van der Waals surface area contributed by atoms with Gasteiger partial charge in [-0.05, 0) is 43.2 Å². The molecule has 0 saturated carbocycles. The largest absolute Gasteiger partial charge is 0.356 e. The van der Waals surface area contributed by atoms with Crippen molar-refractivity contribution in [2.75, 3.05) is 18.0 Å². The molecule has 1 heterocycles. The number of nitrogens with one attached hydrogen (secondary N) is 1. The van der Waals surface area contributed by atoms with E-state index in [2.05, 4.69) is 27.3 Å². The zero-order chi connectivity index (χ0) is 16.9. The van der Waals surface area contributed by atoms with E-state index in [9.17, 15) is 4.39 Å². The summed E-state index contributed by atoms with van der Waals surface area (Å²) < 4.78 is 13.9. The number of anilines is 1. The molecule has 0 bridgehead atoms. The summed E-state index contributed by atoms with van der Waals surface area (Å²) in [5.74, 6) is 0.402. The van der Waals surface area contributed by atoms with Crippen LogP contribution < -0.4 is 10.2 Å². The molecule has 2 aromatic carbocycles. The highest BCUT2D eigenvalue weighted by Crippen LogP contribution is 2.27. The second-order valence-corrected chi connectivity index (χ2v) is 5.62. The summed E-state index contributed by atoms with van der Waals surface area (Å²) >= 11 is 0. The summed E-state index contributed by atoms with van der Waals surface area (Å²) in [5, 5.41) is 12.2. The first kappa shape index (κ1) is 19.2. The van der Waals surface area contributed by atoms with E-state index in [1.54, 1.807) is 6.07 Å². The number of aliphatic imine (C=N–C) groups is 1. The van der Waals surface area contributed by atoms with Crippen LogP contribution in [0.1, 0.15) is 23.6 Å². The molecule has 0 atom stereocenters. The quantitative estimate of drug-likeness (QED) is 0.439. The molecule has 0 aliphatic carbocycles. The van der Waals surface area contributed by atoms with Crippen molar-refractivity contribution in [3.05, 3.63) is 65.0 Å². The molecule has 0 amide bonds. The fourth-order valence-corrected chi connectivity index (χ4v) is 2.88. The summed E-state index contributed by atoms with van der Waals surface area (Å²) in [6, 6.07) is 14.6. The van der Waals surface area contributed by atoms with Gasteiger partial charge in [0.25, 0.3) is 0 Å². The zero-order valence-corrected chi connectivity index (χ0v) is 16.3. The lowest BCUT2D eigenvalue weighted by Gasteiger charge is -2.22. The minimum atomic E-state index is -0.338. The Morgan fingerprint density at radius 2 is 2.12 bits per heavy atom. The molecule has 1 aliphatic heterocycles. The highest BCUT2D eigenvalue weighted by Gasteiger charge is 2.22. The maximum absolute atomic E-state index is 13.9. The van der Waals surface area contributed by atoms with Crippen LogP contribution in [0.3, 0.4) is 0 Å². The molecular weight excluding hydrogens is 430 g/mol. The molecule has 0 fully saturated rings. The van der Waals surface area contributed by atoms with E-state index in [-0.39, 0.29) is 36.3 Å². The summed E-state index contributed by atoms with van der Waals surface area (Å²) in [6.45, 7) is 3.79. The molecule has 1 N–H and O–H groups in total. The third-order valence-corrected chi connectivity index (χ3v) is 4.05. The number of benzene rings is 2. The Kier molecular flexibility index (Phi) is 6.76. The molecule has 2 aromatic rings. The SMILES string of the molecule is CCNC(=NCc1cc(C#N)ccc1F)N1CCc2ccccc21.I. The second kappa shape index (κ2) is 8.81. The van der Waals surface area contributed by atoms with Crippen LogP contribution in [0.5, 0.6) is 0 Å². The lowest BCUT2D eigenvalue weighted by atomic mass is 10.1. The van der Waals surface area contributed by atoms with Crippen LogP contribution in [-0.4, -0.2) is 19.0 Å². The first-order chi connectivity index (χ1) is 11.7. The number of rotatable bonds is 3. The molecule has 0 aromatic heterocycles. The molecule has 6 heteroatoms. The van der Waals surface area contributed by atoms with Crippen molar-refractivity contribution in [2.45, 2.75) is 19.9 Å². The van der Waals surface area contributed by atoms with Crippen LogP contribution in [0, 0.1) is 17.1 Å². The molecule has 0 radical (unpaired) electrons. The molecule has 0 spiro atoms. The maximum atomic E-state index is 13.9. The average Bonchev–Trinajstić information content (AvgIpc) is 3.04. The first-order valence-corrected chi connectivity index (χ1v) is 8.05. The van der Waals surface area contributed by atoms with Gasteiger partial charge in [0.2, 0.25) is 0 Å². The van der Waals surface area contributed by atoms with Crippen LogP contribution in [0.15, 0.2) is 47.5 Å². The first-order valence-electron chi connectivity index (χ1n) is 8.05. The summed E-state index contributed by atoms with van der Waals surface area (Å²) in [5.41, 5.74) is 3.30. The summed E-state index contributed by atoms with van der Waals surface area (Å²) in [7, 11) is 0. The number of nitrogens with zero attached hydrogens (tertiary/aromatic N) is 3. The topological polar surface area (TPSA) is 51.4 Å². The Morgan fingerprint density at radius 3 is 2.88 bits per heavy atom. The molecule has 0 saturated heterocycles. The Morgan fingerprint density at radius 1 is 1.32 bits per heavy atom. The van der Waals surface area contributed by atoms with Gasteiger partial charge in [-0.1, -0.05) is 18.2 Å². The summed E-state index contributed by atoms with van der Waals surface area (Å²) in [4.78, 5) is 6.71. The number of hydrogen-bond donors (Lipinski definition) is 1. The van der Waals surface area contributed by atoms with E-state index in [0.29, 0.717) is 11.1 Å². The van der Waals surface area contributed by atoms with Crippen molar-refractivity contribution >= 4 is 35.6 Å². The van der Waals surface area contributed by atoms with Crippen molar-refractivity contribution in [3.63, 3.8) is 0 Å². The van der Waals surface area contributed by atoms with Gasteiger partial charge < -0.3 is 10.2 Å². The van der Waals surface area contributed by atoms with Crippen molar-refractivity contribution in [2.24, 2.45) is 4.99 Å². The standard InChI is InChI=1S/C19H19FN4.HI/c1-2-22-19(24-10-9-15-5-3-4-6-18(15)24)23-13-16-11-14(12-21)7-8-17(16)20;/h3-8,11H,2,9-10,13H2,1H3,(H,22,23);1H. The van der Waals surface area contributed by atoms with Gasteiger partial charge in [0.05, 0.1) is 18.2 Å². The Bertz CT molecular complexity index is 813. The van der Waals surface area contributed by atoms with Gasteiger partial charge in [0.15, 0.2) is 5.96 Å². The van der Waals surface area contributed by atoms with Crippen molar-refractivity contribution in [3.8, 4) is 6.07 Å². The number of para-hydroxylation sites is 1. The van der Waals surface area contributed by atoms with Crippen LogP contribution in [0.4, 0.5) is 10.1 Å². The molecule has 0 unspecified atom stereocenters. The van der Waals surface area contributed by atoms with E-state index in [4.69, 9.17) is 5.26 Å². The molecule has 3 rings (SSSR count). The number of halogens is 2. The van der Waals surface area contributed by atoms with Crippen molar-refractivity contribution in [1.29, 1.82) is 5.26 Å². The number of nitriles is 1. The average molecular weight is 450 g/mol. The van der Waals surface area contributed by atoms with Gasteiger partial charge in [-0.2, -0.15) is 5.26 Å². The number of fused-ring (bicyclic) bond motifs is 1. The molecule has 130 valence electrons. The van der Waals surface area contributed by atoms with E-state index >= 15 is 0 Å². The number of hydrogen-bond acceptors (Lipinski definition) is 2. The van der Waals surface area contributed by atoms with E-state index < -0.39 is 0 Å². The normalized spacial score (nSPS) is 13.0. The second-order valence-electron chi connectivity index (χ2n) is 5.62. The lowest BCUT2D eigenvalue weighted by Crippen LogP contribution is -2.40. The minimum Gasteiger partial charge on any atom is -0.356 e. The predicted octanol–water partition coefficient (Wildman–Crippen LogP) is 3.84. The van der Waals surface area contributed by atoms with Gasteiger partial charge in [-0.25, -0.2) is 9.38 Å². The Hall–Kier alpha value is -2.14. The predicted molar refractivity (Wildman–Crippen MR) is 109 cm³/mol. The van der Waals surface area contributed by atoms with E-state index in [1.807, 2.05) is 25.1 Å². The van der Waals surface area contributed by atoms with Crippen LogP contribution >= 0.6 is 24.0 Å². The van der Waals surface area contributed by atoms with Crippen LogP contribution in [0.25, 0.3) is 0 Å². The molecule has 25 heavy (non-hydrogen) atoms. The van der Waals surface area contributed by atoms with Gasteiger partial charge in [0, 0.05) is 24.3 Å². The maximum Gasteiger partial charge on any atom is 0.198 e. The fraction of sp³-hybridized carbons (Fsp3) is 0.263. The van der Waals surface area contributed by atoms with Crippen molar-refractivity contribution in [1.82, 2.24) is 5.32 Å². The zero-order valence-electron chi connectivity index (χ0n) is 14.0. The smallest absolute Gasteiger partial charge is 0.198 e. The molecule has 4 nitrogen and oxygen atoms in total. The third kappa shape index (κ3) is 4.28. The van der Waals surface area contributed by atoms with Crippen LogP contribution in [-0.2, 0) is 13.0 Å². The number of guanidine groups is 1. The van der Waals surface area contributed by atoms with Gasteiger partial charge in [-0.3, -0.25) is 0 Å². The fourth-order valence-electron chi connectivity index (χ4n) is 2.88. The molecule has 1 aliphatic rings. The van der Waals surface area contributed by atoms with E-state index in [1.165, 1.54) is 17.7 Å². The monoisotopic (exact) mass is 450 g/mol. The summed E-state index contributed by atoms with van der Waals surface area (Å²) in [6.07, 6.45) is 0.971. The van der Waals surface area contributed by atoms with Crippen molar-refractivity contribution < 1.29 is 4.39 Å². The Labute approximate surface area is 164 Å². The highest BCUT2D eigenvalue weighted by molar-refractivity contribution is 14.0. The minimum absolute atomic E-state index is 0.